The Morgan fingerprint density at radius 1 is 1.11 bits per heavy atom. The fraction of sp³-hybridized carbons (Fsp3) is 0.0667. The minimum absolute atomic E-state index is 0.0262. The van der Waals surface area contributed by atoms with Crippen molar-refractivity contribution in [2.24, 2.45) is 0 Å². The zero-order chi connectivity index (χ0) is 12.4. The number of ketones is 1. The van der Waals surface area contributed by atoms with Crippen LogP contribution in [0.1, 0.15) is 16.2 Å². The SMILES string of the molecule is O=C(Cc1ccco1)c1nccc2ccccc12. The summed E-state index contributed by atoms with van der Waals surface area (Å²) >= 11 is 0. The van der Waals surface area contributed by atoms with E-state index in [0.717, 1.165) is 10.8 Å². The first-order valence-electron chi connectivity index (χ1n) is 5.74. The van der Waals surface area contributed by atoms with Gasteiger partial charge in [-0.2, -0.15) is 0 Å². The molecule has 0 unspecified atom stereocenters. The molecule has 2 heterocycles. The zero-order valence-electron chi connectivity index (χ0n) is 9.67. The van der Waals surface area contributed by atoms with Crippen molar-refractivity contribution in [2.75, 3.05) is 0 Å². The van der Waals surface area contributed by atoms with Gasteiger partial charge in [-0.15, -0.1) is 0 Å². The summed E-state index contributed by atoms with van der Waals surface area (Å²) in [5.41, 5.74) is 0.504. The Kier molecular flexibility index (Phi) is 2.65. The van der Waals surface area contributed by atoms with E-state index in [1.807, 2.05) is 30.3 Å². The Labute approximate surface area is 104 Å². The third-order valence-electron chi connectivity index (χ3n) is 2.85. The molecule has 3 rings (SSSR count). The van der Waals surface area contributed by atoms with Gasteiger partial charge in [-0.05, 0) is 23.6 Å². The molecule has 0 spiro atoms. The average molecular weight is 237 g/mol. The first-order chi connectivity index (χ1) is 8.84. The van der Waals surface area contributed by atoms with E-state index < -0.39 is 0 Å². The molecule has 0 fully saturated rings. The molecule has 0 aliphatic rings. The molecular weight excluding hydrogens is 226 g/mol. The van der Waals surface area contributed by atoms with Gasteiger partial charge in [-0.1, -0.05) is 24.3 Å². The second-order valence-corrected chi connectivity index (χ2v) is 4.06. The maximum atomic E-state index is 12.2. The predicted octanol–water partition coefficient (Wildman–Crippen LogP) is 3.25. The lowest BCUT2D eigenvalue weighted by molar-refractivity contribution is 0.0984. The normalized spacial score (nSPS) is 10.7. The van der Waals surface area contributed by atoms with Gasteiger partial charge >= 0.3 is 0 Å². The van der Waals surface area contributed by atoms with E-state index in [-0.39, 0.29) is 12.2 Å². The van der Waals surface area contributed by atoms with Crippen LogP contribution in [-0.2, 0) is 6.42 Å². The predicted molar refractivity (Wildman–Crippen MR) is 68.5 cm³/mol. The highest BCUT2D eigenvalue weighted by molar-refractivity contribution is 6.06. The van der Waals surface area contributed by atoms with Crippen LogP contribution in [0.5, 0.6) is 0 Å². The van der Waals surface area contributed by atoms with Crippen LogP contribution in [-0.4, -0.2) is 10.8 Å². The number of hydrogen-bond donors (Lipinski definition) is 0. The fourth-order valence-corrected chi connectivity index (χ4v) is 2.00. The van der Waals surface area contributed by atoms with Crippen molar-refractivity contribution in [1.29, 1.82) is 0 Å². The Balaban J connectivity index is 2.01. The van der Waals surface area contributed by atoms with Crippen LogP contribution in [0, 0.1) is 0 Å². The highest BCUT2D eigenvalue weighted by Gasteiger charge is 2.13. The Morgan fingerprint density at radius 3 is 2.83 bits per heavy atom. The molecular formula is C15H11NO2. The quantitative estimate of drug-likeness (QED) is 0.657. The number of fused-ring (bicyclic) bond motifs is 1. The van der Waals surface area contributed by atoms with Gasteiger partial charge in [0.15, 0.2) is 5.78 Å². The number of aromatic nitrogens is 1. The largest absolute Gasteiger partial charge is 0.469 e. The van der Waals surface area contributed by atoms with Crippen LogP contribution in [0.25, 0.3) is 10.8 Å². The first kappa shape index (κ1) is 10.7. The highest BCUT2D eigenvalue weighted by Crippen LogP contribution is 2.18. The van der Waals surface area contributed by atoms with Crippen molar-refractivity contribution in [1.82, 2.24) is 4.98 Å². The fourth-order valence-electron chi connectivity index (χ4n) is 2.00. The molecule has 3 aromatic rings. The summed E-state index contributed by atoms with van der Waals surface area (Å²) in [4.78, 5) is 16.4. The number of furan rings is 1. The van der Waals surface area contributed by atoms with Crippen molar-refractivity contribution < 1.29 is 9.21 Å². The minimum Gasteiger partial charge on any atom is -0.469 e. The molecule has 0 N–H and O–H groups in total. The zero-order valence-corrected chi connectivity index (χ0v) is 9.67. The molecule has 0 atom stereocenters. The lowest BCUT2D eigenvalue weighted by atomic mass is 10.1. The van der Waals surface area contributed by atoms with E-state index in [1.165, 1.54) is 0 Å². The van der Waals surface area contributed by atoms with Crippen LogP contribution in [0.15, 0.2) is 59.3 Å². The molecule has 0 radical (unpaired) electrons. The van der Waals surface area contributed by atoms with Crippen LogP contribution < -0.4 is 0 Å². The number of benzene rings is 1. The molecule has 3 heteroatoms. The van der Waals surface area contributed by atoms with Gasteiger partial charge in [0, 0.05) is 11.6 Å². The summed E-state index contributed by atoms with van der Waals surface area (Å²) in [6.45, 7) is 0. The van der Waals surface area contributed by atoms with Crippen LogP contribution in [0.4, 0.5) is 0 Å². The van der Waals surface area contributed by atoms with Gasteiger partial charge in [0.05, 0.1) is 12.7 Å². The molecule has 88 valence electrons. The summed E-state index contributed by atoms with van der Waals surface area (Å²) in [5, 5.41) is 1.91. The summed E-state index contributed by atoms with van der Waals surface area (Å²) in [7, 11) is 0. The topological polar surface area (TPSA) is 43.1 Å². The number of carbonyl (C=O) groups is 1. The van der Waals surface area contributed by atoms with Crippen molar-refractivity contribution in [3.63, 3.8) is 0 Å². The Hall–Kier alpha value is -2.42. The molecule has 0 amide bonds. The van der Waals surface area contributed by atoms with Gasteiger partial charge < -0.3 is 4.42 Å². The second kappa shape index (κ2) is 4.45. The summed E-state index contributed by atoms with van der Waals surface area (Å²) in [5.74, 6) is 0.636. The van der Waals surface area contributed by atoms with E-state index in [9.17, 15) is 4.79 Å². The standard InChI is InChI=1S/C15H11NO2/c17-14(10-12-5-3-9-18-12)15-13-6-2-1-4-11(13)7-8-16-15/h1-9H,10H2. The minimum atomic E-state index is -0.0262. The number of rotatable bonds is 3. The highest BCUT2D eigenvalue weighted by atomic mass is 16.3. The number of hydrogen-bond acceptors (Lipinski definition) is 3. The Bertz CT molecular complexity index is 681. The molecule has 1 aromatic carbocycles. The molecule has 18 heavy (non-hydrogen) atoms. The van der Waals surface area contributed by atoms with Crippen molar-refractivity contribution in [3.8, 4) is 0 Å². The summed E-state index contributed by atoms with van der Waals surface area (Å²) in [6, 6.07) is 13.2. The van der Waals surface area contributed by atoms with Gasteiger partial charge in [0.25, 0.3) is 0 Å². The molecule has 0 bridgehead atoms. The first-order valence-corrected chi connectivity index (χ1v) is 5.74. The second-order valence-electron chi connectivity index (χ2n) is 4.06. The van der Waals surface area contributed by atoms with Crippen LogP contribution in [0.2, 0.25) is 0 Å². The van der Waals surface area contributed by atoms with E-state index in [1.54, 1.807) is 24.6 Å². The smallest absolute Gasteiger partial charge is 0.189 e. The molecule has 3 nitrogen and oxygen atoms in total. The summed E-state index contributed by atoms with van der Waals surface area (Å²) in [6.07, 6.45) is 3.48. The van der Waals surface area contributed by atoms with Crippen molar-refractivity contribution in [3.05, 3.63) is 66.4 Å². The van der Waals surface area contributed by atoms with Crippen molar-refractivity contribution >= 4 is 16.6 Å². The molecule has 0 saturated heterocycles. The van der Waals surface area contributed by atoms with Crippen LogP contribution in [0.3, 0.4) is 0 Å². The van der Waals surface area contributed by atoms with E-state index in [4.69, 9.17) is 4.42 Å². The van der Waals surface area contributed by atoms with Gasteiger partial charge in [0.2, 0.25) is 0 Å². The van der Waals surface area contributed by atoms with Crippen LogP contribution >= 0.6 is 0 Å². The molecule has 2 aromatic heterocycles. The van der Waals surface area contributed by atoms with E-state index in [0.29, 0.717) is 11.5 Å². The number of carbonyl (C=O) groups excluding carboxylic acids is 1. The average Bonchev–Trinajstić information content (AvgIpc) is 2.91. The maximum absolute atomic E-state index is 12.2. The molecule has 0 saturated carbocycles. The van der Waals surface area contributed by atoms with E-state index in [2.05, 4.69) is 4.98 Å². The van der Waals surface area contributed by atoms with E-state index >= 15 is 0 Å². The van der Waals surface area contributed by atoms with Gasteiger partial charge in [0.1, 0.15) is 11.5 Å². The maximum Gasteiger partial charge on any atom is 0.189 e. The number of Topliss-reactive ketones (excluding diaryl/α,β-unsaturated/α-hetero) is 1. The summed E-state index contributed by atoms with van der Waals surface area (Å²) < 4.78 is 5.19. The lowest BCUT2D eigenvalue weighted by Gasteiger charge is -2.03. The number of pyridine rings is 1. The third-order valence-corrected chi connectivity index (χ3v) is 2.85. The van der Waals surface area contributed by atoms with Gasteiger partial charge in [-0.3, -0.25) is 9.78 Å². The number of nitrogens with zero attached hydrogens (tertiary/aromatic N) is 1. The molecule has 0 aliphatic carbocycles. The molecule has 0 aliphatic heterocycles. The lowest BCUT2D eigenvalue weighted by Crippen LogP contribution is -2.06. The van der Waals surface area contributed by atoms with Crippen molar-refractivity contribution in [2.45, 2.75) is 6.42 Å². The van der Waals surface area contributed by atoms with Gasteiger partial charge in [-0.25, -0.2) is 0 Å². The Morgan fingerprint density at radius 2 is 2.00 bits per heavy atom. The third kappa shape index (κ3) is 1.91. The monoisotopic (exact) mass is 237 g/mol.